The molecule has 2 heterocycles. The number of nitrogens with zero attached hydrogens (tertiary/aromatic N) is 4. The molecule has 0 saturated carbocycles. The molecule has 1 saturated heterocycles. The van der Waals surface area contributed by atoms with E-state index in [9.17, 15) is 4.79 Å². The highest BCUT2D eigenvalue weighted by Crippen LogP contribution is 2.29. The van der Waals surface area contributed by atoms with Gasteiger partial charge in [-0.25, -0.2) is 0 Å². The van der Waals surface area contributed by atoms with E-state index in [1.165, 1.54) is 11.0 Å². The second kappa shape index (κ2) is 10.8. The van der Waals surface area contributed by atoms with Gasteiger partial charge in [-0.2, -0.15) is 9.90 Å². The molecular weight excluding hydrogens is 420 g/mol. The Labute approximate surface area is 193 Å². The quantitative estimate of drug-likeness (QED) is 0.441. The molecule has 172 valence electrons. The van der Waals surface area contributed by atoms with Crippen LogP contribution in [0.4, 0.5) is 0 Å². The maximum absolute atomic E-state index is 13.4. The summed E-state index contributed by atoms with van der Waals surface area (Å²) in [6.07, 6.45) is 5.12. The van der Waals surface area contributed by atoms with Gasteiger partial charge in [-0.3, -0.25) is 4.79 Å². The number of ether oxygens (including phenoxy) is 3. The van der Waals surface area contributed by atoms with Crippen molar-refractivity contribution < 1.29 is 19.0 Å². The standard InChI is InChI=1S/C25H28N4O4/c1-3-13-33-23-12-11-19(15-24(23)31-2)17-28(18-21-10-7-14-32-21)25(30)22-16-26-29(27-22)20-8-5-4-6-9-20/h3-6,8-9,11-12,15-16,21H,1,7,10,13-14,17-18H2,2H3/t21-/m1/s1. The van der Waals surface area contributed by atoms with Crippen LogP contribution >= 0.6 is 0 Å². The minimum atomic E-state index is -0.196. The van der Waals surface area contributed by atoms with Gasteiger partial charge in [-0.15, -0.1) is 5.10 Å². The van der Waals surface area contributed by atoms with Crippen LogP contribution in [0.1, 0.15) is 28.9 Å². The van der Waals surface area contributed by atoms with Crippen molar-refractivity contribution in [2.75, 3.05) is 26.9 Å². The fourth-order valence-corrected chi connectivity index (χ4v) is 3.76. The third-order valence-corrected chi connectivity index (χ3v) is 5.39. The molecule has 1 atom stereocenters. The van der Waals surface area contributed by atoms with Crippen molar-refractivity contribution in [3.63, 3.8) is 0 Å². The maximum atomic E-state index is 13.4. The predicted octanol–water partition coefficient (Wildman–Crippen LogP) is 3.66. The third-order valence-electron chi connectivity index (χ3n) is 5.39. The Balaban J connectivity index is 1.55. The molecular formula is C25H28N4O4. The molecule has 1 aliphatic heterocycles. The Bertz CT molecular complexity index is 1080. The number of para-hydroxylation sites is 1. The Morgan fingerprint density at radius 3 is 2.85 bits per heavy atom. The molecule has 0 spiro atoms. The third kappa shape index (κ3) is 5.59. The van der Waals surface area contributed by atoms with E-state index in [1.807, 2.05) is 48.5 Å². The lowest BCUT2D eigenvalue weighted by Crippen LogP contribution is -2.37. The summed E-state index contributed by atoms with van der Waals surface area (Å²) >= 11 is 0. The average Bonchev–Trinajstić information content (AvgIpc) is 3.55. The van der Waals surface area contributed by atoms with Crippen molar-refractivity contribution in [2.24, 2.45) is 0 Å². The zero-order chi connectivity index (χ0) is 23.0. The number of carbonyl (C=O) groups is 1. The molecule has 1 amide bonds. The number of aromatic nitrogens is 3. The number of methoxy groups -OCH3 is 1. The Morgan fingerprint density at radius 2 is 2.12 bits per heavy atom. The van der Waals surface area contributed by atoms with Gasteiger partial charge in [0, 0.05) is 19.7 Å². The van der Waals surface area contributed by atoms with Crippen molar-refractivity contribution in [3.8, 4) is 17.2 Å². The lowest BCUT2D eigenvalue weighted by Gasteiger charge is -2.25. The van der Waals surface area contributed by atoms with E-state index in [-0.39, 0.29) is 17.7 Å². The van der Waals surface area contributed by atoms with Gasteiger partial charge in [0.25, 0.3) is 5.91 Å². The van der Waals surface area contributed by atoms with Gasteiger partial charge in [0.2, 0.25) is 0 Å². The van der Waals surface area contributed by atoms with Crippen LogP contribution in [-0.2, 0) is 11.3 Å². The van der Waals surface area contributed by atoms with Gasteiger partial charge < -0.3 is 19.1 Å². The predicted molar refractivity (Wildman–Crippen MR) is 124 cm³/mol. The van der Waals surface area contributed by atoms with E-state index in [2.05, 4.69) is 16.8 Å². The van der Waals surface area contributed by atoms with E-state index < -0.39 is 0 Å². The van der Waals surface area contributed by atoms with Crippen LogP contribution in [0.2, 0.25) is 0 Å². The number of benzene rings is 2. The molecule has 1 aromatic heterocycles. The summed E-state index contributed by atoms with van der Waals surface area (Å²) < 4.78 is 16.9. The smallest absolute Gasteiger partial charge is 0.276 e. The minimum Gasteiger partial charge on any atom is -0.493 e. The minimum absolute atomic E-state index is 0.00946. The normalized spacial score (nSPS) is 15.2. The van der Waals surface area contributed by atoms with Crippen LogP contribution < -0.4 is 9.47 Å². The summed E-state index contributed by atoms with van der Waals surface area (Å²) in [6, 6.07) is 15.2. The first-order valence-corrected chi connectivity index (χ1v) is 11.0. The highest BCUT2D eigenvalue weighted by atomic mass is 16.5. The first-order valence-electron chi connectivity index (χ1n) is 11.0. The number of carbonyl (C=O) groups excluding carboxylic acids is 1. The molecule has 0 unspecified atom stereocenters. The van der Waals surface area contributed by atoms with Gasteiger partial charge in [-0.05, 0) is 42.7 Å². The first-order chi connectivity index (χ1) is 16.2. The Kier molecular flexibility index (Phi) is 7.36. The second-order valence-corrected chi connectivity index (χ2v) is 7.76. The molecule has 0 radical (unpaired) electrons. The molecule has 0 N–H and O–H groups in total. The first kappa shape index (κ1) is 22.5. The molecule has 8 heteroatoms. The van der Waals surface area contributed by atoms with Gasteiger partial charge in [0.05, 0.1) is 25.1 Å². The zero-order valence-electron chi connectivity index (χ0n) is 18.7. The van der Waals surface area contributed by atoms with Crippen LogP contribution in [0.15, 0.2) is 67.4 Å². The molecule has 33 heavy (non-hydrogen) atoms. The molecule has 2 aromatic carbocycles. The van der Waals surface area contributed by atoms with Crippen molar-refractivity contribution >= 4 is 5.91 Å². The van der Waals surface area contributed by atoms with Crippen LogP contribution in [-0.4, -0.2) is 58.8 Å². The Hall–Kier alpha value is -3.65. The monoisotopic (exact) mass is 448 g/mol. The Morgan fingerprint density at radius 1 is 1.27 bits per heavy atom. The molecule has 0 bridgehead atoms. The van der Waals surface area contributed by atoms with Crippen LogP contribution in [0, 0.1) is 0 Å². The number of hydrogen-bond acceptors (Lipinski definition) is 6. The van der Waals surface area contributed by atoms with Crippen molar-refractivity contribution in [3.05, 3.63) is 78.6 Å². The van der Waals surface area contributed by atoms with Gasteiger partial charge in [0.1, 0.15) is 6.61 Å². The van der Waals surface area contributed by atoms with Crippen LogP contribution in [0.5, 0.6) is 11.5 Å². The lowest BCUT2D eigenvalue weighted by atomic mass is 10.1. The van der Waals surface area contributed by atoms with E-state index in [1.54, 1.807) is 18.1 Å². The summed E-state index contributed by atoms with van der Waals surface area (Å²) in [5, 5.41) is 8.70. The maximum Gasteiger partial charge on any atom is 0.276 e. The van der Waals surface area contributed by atoms with E-state index in [0.717, 1.165) is 30.7 Å². The molecule has 8 nitrogen and oxygen atoms in total. The molecule has 1 aliphatic rings. The molecule has 1 fully saturated rings. The molecule has 0 aliphatic carbocycles. The number of amides is 1. The molecule has 4 rings (SSSR count). The van der Waals surface area contributed by atoms with Crippen molar-refractivity contribution in [1.29, 1.82) is 0 Å². The summed E-state index contributed by atoms with van der Waals surface area (Å²) in [6.45, 7) is 5.64. The fraction of sp³-hybridized carbons (Fsp3) is 0.320. The average molecular weight is 449 g/mol. The summed E-state index contributed by atoms with van der Waals surface area (Å²) in [7, 11) is 1.59. The lowest BCUT2D eigenvalue weighted by molar-refractivity contribution is 0.0502. The van der Waals surface area contributed by atoms with E-state index in [0.29, 0.717) is 31.2 Å². The SMILES string of the molecule is C=CCOc1ccc(CN(C[C@H]2CCCO2)C(=O)c2cnn(-c3ccccc3)n2)cc1OC. The van der Waals surface area contributed by atoms with Crippen molar-refractivity contribution in [2.45, 2.75) is 25.5 Å². The molecule has 3 aromatic rings. The van der Waals surface area contributed by atoms with Crippen molar-refractivity contribution in [1.82, 2.24) is 19.9 Å². The fourth-order valence-electron chi connectivity index (χ4n) is 3.76. The van der Waals surface area contributed by atoms with E-state index >= 15 is 0 Å². The van der Waals surface area contributed by atoms with Gasteiger partial charge >= 0.3 is 0 Å². The largest absolute Gasteiger partial charge is 0.493 e. The highest BCUT2D eigenvalue weighted by Gasteiger charge is 2.26. The number of rotatable bonds is 10. The summed E-state index contributed by atoms with van der Waals surface area (Å²) in [5.41, 5.74) is 2.00. The summed E-state index contributed by atoms with van der Waals surface area (Å²) in [4.78, 5) is 16.7. The van der Waals surface area contributed by atoms with Crippen LogP contribution in [0.25, 0.3) is 5.69 Å². The highest BCUT2D eigenvalue weighted by molar-refractivity contribution is 5.92. The number of hydrogen-bond donors (Lipinski definition) is 0. The zero-order valence-corrected chi connectivity index (χ0v) is 18.7. The van der Waals surface area contributed by atoms with E-state index in [4.69, 9.17) is 14.2 Å². The summed E-state index contributed by atoms with van der Waals surface area (Å²) in [5.74, 6) is 1.04. The topological polar surface area (TPSA) is 78.7 Å². The van der Waals surface area contributed by atoms with Crippen LogP contribution in [0.3, 0.4) is 0 Å². The van der Waals surface area contributed by atoms with Gasteiger partial charge in [0.15, 0.2) is 17.2 Å². The van der Waals surface area contributed by atoms with Gasteiger partial charge in [-0.1, -0.05) is 36.9 Å². The second-order valence-electron chi connectivity index (χ2n) is 7.76.